The molecule has 1 heterocycles. The van der Waals surface area contributed by atoms with Crippen LogP contribution in [0.3, 0.4) is 0 Å². The molecule has 2 N–H and O–H groups in total. The first-order chi connectivity index (χ1) is 8.74. The van der Waals surface area contributed by atoms with Crippen LogP contribution in [-0.2, 0) is 6.54 Å². The van der Waals surface area contributed by atoms with E-state index in [-0.39, 0.29) is 6.03 Å². The Hall–Kier alpha value is -1.95. The number of carbonyl (C=O) groups excluding carboxylic acids is 1. The van der Waals surface area contributed by atoms with E-state index < -0.39 is 0 Å². The zero-order valence-corrected chi connectivity index (χ0v) is 11.0. The highest BCUT2D eigenvalue weighted by molar-refractivity contribution is 9.10. The van der Waals surface area contributed by atoms with Gasteiger partial charge in [-0.05, 0) is 21.5 Å². The molecule has 0 radical (unpaired) electrons. The Morgan fingerprint density at radius 3 is 2.61 bits per heavy atom. The Morgan fingerprint density at radius 1 is 1.17 bits per heavy atom. The summed E-state index contributed by atoms with van der Waals surface area (Å²) in [5, 5.41) is 5.33. The third kappa shape index (κ3) is 3.81. The lowest BCUT2D eigenvalue weighted by atomic mass is 10.2. The Labute approximate surface area is 113 Å². The summed E-state index contributed by atoms with van der Waals surface area (Å²) < 4.78 is 0.623. The maximum absolute atomic E-state index is 11.6. The molecule has 1 aromatic carbocycles. The number of rotatable bonds is 3. The van der Waals surface area contributed by atoms with Gasteiger partial charge in [0.15, 0.2) is 5.82 Å². The van der Waals surface area contributed by atoms with Crippen molar-refractivity contribution in [2.75, 3.05) is 5.32 Å². The van der Waals surface area contributed by atoms with Crippen LogP contribution in [-0.4, -0.2) is 16.0 Å². The molecule has 2 aromatic rings. The molecule has 1 aromatic heterocycles. The third-order valence-electron chi connectivity index (χ3n) is 2.16. The number of anilines is 1. The average molecular weight is 307 g/mol. The van der Waals surface area contributed by atoms with Crippen LogP contribution in [0.1, 0.15) is 5.56 Å². The summed E-state index contributed by atoms with van der Waals surface area (Å²) in [6.45, 7) is 0.469. The third-order valence-corrected chi connectivity index (χ3v) is 2.57. The van der Waals surface area contributed by atoms with Gasteiger partial charge in [0.1, 0.15) is 4.60 Å². The van der Waals surface area contributed by atoms with Gasteiger partial charge in [-0.1, -0.05) is 30.3 Å². The molecule has 0 spiro atoms. The van der Waals surface area contributed by atoms with Crippen LogP contribution >= 0.6 is 15.9 Å². The Morgan fingerprint density at radius 2 is 1.94 bits per heavy atom. The second kappa shape index (κ2) is 6.11. The quantitative estimate of drug-likeness (QED) is 0.916. The number of amides is 2. The van der Waals surface area contributed by atoms with E-state index >= 15 is 0 Å². The first-order valence-corrected chi connectivity index (χ1v) is 6.09. The minimum Gasteiger partial charge on any atom is -0.334 e. The van der Waals surface area contributed by atoms with Gasteiger partial charge in [0.2, 0.25) is 0 Å². The molecule has 0 saturated heterocycles. The second-order valence-electron chi connectivity index (χ2n) is 3.52. The maximum atomic E-state index is 11.6. The van der Waals surface area contributed by atoms with Crippen molar-refractivity contribution in [2.24, 2.45) is 0 Å². The van der Waals surface area contributed by atoms with E-state index in [1.807, 2.05) is 30.3 Å². The first kappa shape index (κ1) is 12.5. The number of benzene rings is 1. The van der Waals surface area contributed by atoms with Crippen molar-refractivity contribution < 1.29 is 4.79 Å². The van der Waals surface area contributed by atoms with Crippen LogP contribution in [0.2, 0.25) is 0 Å². The molecule has 0 fully saturated rings. The smallest absolute Gasteiger partial charge is 0.320 e. The van der Waals surface area contributed by atoms with Gasteiger partial charge in [-0.25, -0.2) is 14.8 Å². The predicted molar refractivity (Wildman–Crippen MR) is 72.0 cm³/mol. The molecule has 0 atom stereocenters. The molecule has 0 aliphatic heterocycles. The summed E-state index contributed by atoms with van der Waals surface area (Å²) in [6.07, 6.45) is 3.00. The molecular weight excluding hydrogens is 296 g/mol. The summed E-state index contributed by atoms with van der Waals surface area (Å²) in [7, 11) is 0. The number of aromatic nitrogens is 2. The highest BCUT2D eigenvalue weighted by Gasteiger charge is 2.02. The summed E-state index contributed by atoms with van der Waals surface area (Å²) in [4.78, 5) is 19.5. The number of urea groups is 1. The minimum absolute atomic E-state index is 0.310. The van der Waals surface area contributed by atoms with Gasteiger partial charge in [-0.2, -0.15) is 0 Å². The lowest BCUT2D eigenvalue weighted by Gasteiger charge is -2.06. The normalized spacial score (nSPS) is 9.83. The molecular formula is C12H11BrN4O. The van der Waals surface area contributed by atoms with Crippen molar-refractivity contribution in [2.45, 2.75) is 6.54 Å². The Bertz CT molecular complexity index is 515. The van der Waals surface area contributed by atoms with E-state index in [1.54, 1.807) is 0 Å². The minimum atomic E-state index is -0.310. The van der Waals surface area contributed by atoms with E-state index in [2.05, 4.69) is 36.5 Å². The highest BCUT2D eigenvalue weighted by atomic mass is 79.9. The molecule has 5 nitrogen and oxygen atoms in total. The highest BCUT2D eigenvalue weighted by Crippen LogP contribution is 2.06. The van der Waals surface area contributed by atoms with Crippen molar-refractivity contribution in [1.29, 1.82) is 0 Å². The number of hydrogen-bond donors (Lipinski definition) is 2. The fraction of sp³-hybridized carbons (Fsp3) is 0.0833. The standard InChI is InChI=1S/C12H11BrN4O/c13-10-7-15-11(8-14-10)17-12(18)16-6-9-4-2-1-3-5-9/h1-5,7-8H,6H2,(H2,15,16,17,18). The SMILES string of the molecule is O=C(NCc1ccccc1)Nc1cnc(Br)cn1. The molecule has 18 heavy (non-hydrogen) atoms. The van der Waals surface area contributed by atoms with Crippen LogP contribution in [0.4, 0.5) is 10.6 Å². The molecule has 0 aliphatic rings. The van der Waals surface area contributed by atoms with Crippen molar-refractivity contribution >= 4 is 27.8 Å². The Balaban J connectivity index is 1.84. The van der Waals surface area contributed by atoms with Gasteiger partial charge in [0.25, 0.3) is 0 Å². The van der Waals surface area contributed by atoms with Gasteiger partial charge < -0.3 is 5.32 Å². The molecule has 6 heteroatoms. The predicted octanol–water partition coefficient (Wildman–Crippen LogP) is 2.56. The van der Waals surface area contributed by atoms with Gasteiger partial charge in [0, 0.05) is 6.54 Å². The van der Waals surface area contributed by atoms with Crippen molar-refractivity contribution in [1.82, 2.24) is 15.3 Å². The van der Waals surface area contributed by atoms with Crippen LogP contribution in [0.5, 0.6) is 0 Å². The van der Waals surface area contributed by atoms with Crippen LogP contribution in [0, 0.1) is 0 Å². The zero-order valence-electron chi connectivity index (χ0n) is 9.43. The molecule has 0 aliphatic carbocycles. The van der Waals surface area contributed by atoms with E-state index in [0.717, 1.165) is 5.56 Å². The monoisotopic (exact) mass is 306 g/mol. The molecule has 0 unspecified atom stereocenters. The van der Waals surface area contributed by atoms with Gasteiger partial charge >= 0.3 is 6.03 Å². The summed E-state index contributed by atoms with van der Waals surface area (Å²) in [6, 6.07) is 9.36. The van der Waals surface area contributed by atoms with E-state index in [9.17, 15) is 4.79 Å². The number of nitrogens with one attached hydrogen (secondary N) is 2. The van der Waals surface area contributed by atoms with Crippen molar-refractivity contribution in [3.05, 3.63) is 52.9 Å². The topological polar surface area (TPSA) is 66.9 Å². The molecule has 0 bridgehead atoms. The largest absolute Gasteiger partial charge is 0.334 e. The van der Waals surface area contributed by atoms with E-state index in [4.69, 9.17) is 0 Å². The number of hydrogen-bond acceptors (Lipinski definition) is 3. The fourth-order valence-electron chi connectivity index (χ4n) is 1.32. The first-order valence-electron chi connectivity index (χ1n) is 5.30. The van der Waals surface area contributed by atoms with Crippen LogP contribution < -0.4 is 10.6 Å². The van der Waals surface area contributed by atoms with Crippen LogP contribution in [0.25, 0.3) is 0 Å². The molecule has 2 rings (SSSR count). The van der Waals surface area contributed by atoms with Gasteiger partial charge in [-0.15, -0.1) is 0 Å². The lowest BCUT2D eigenvalue weighted by molar-refractivity contribution is 0.251. The van der Waals surface area contributed by atoms with E-state index in [0.29, 0.717) is 17.0 Å². The van der Waals surface area contributed by atoms with Gasteiger partial charge in [0.05, 0.1) is 12.4 Å². The number of halogens is 1. The maximum Gasteiger partial charge on any atom is 0.320 e. The van der Waals surface area contributed by atoms with Crippen LogP contribution in [0.15, 0.2) is 47.3 Å². The molecule has 92 valence electrons. The molecule has 2 amide bonds. The lowest BCUT2D eigenvalue weighted by Crippen LogP contribution is -2.28. The average Bonchev–Trinajstić information content (AvgIpc) is 2.40. The summed E-state index contributed by atoms with van der Waals surface area (Å²) >= 11 is 3.17. The van der Waals surface area contributed by atoms with Crippen molar-refractivity contribution in [3.8, 4) is 0 Å². The number of carbonyl (C=O) groups is 1. The van der Waals surface area contributed by atoms with Crippen molar-refractivity contribution in [3.63, 3.8) is 0 Å². The fourth-order valence-corrected chi connectivity index (χ4v) is 1.52. The Kier molecular flexibility index (Phi) is 4.25. The summed E-state index contributed by atoms with van der Waals surface area (Å²) in [5.74, 6) is 0.406. The van der Waals surface area contributed by atoms with Gasteiger partial charge in [-0.3, -0.25) is 5.32 Å². The summed E-state index contributed by atoms with van der Waals surface area (Å²) in [5.41, 5.74) is 1.04. The van der Waals surface area contributed by atoms with E-state index in [1.165, 1.54) is 12.4 Å². The second-order valence-corrected chi connectivity index (χ2v) is 4.33. The zero-order chi connectivity index (χ0) is 12.8. The molecule has 0 saturated carbocycles. The number of nitrogens with zero attached hydrogens (tertiary/aromatic N) is 2.